The maximum absolute atomic E-state index is 14.2. The maximum Gasteiger partial charge on any atom is 0.303 e. The number of hydrogen-bond acceptors (Lipinski definition) is 6. The highest BCUT2D eigenvalue weighted by molar-refractivity contribution is 5.89. The first-order valence-corrected chi connectivity index (χ1v) is 13.3. The summed E-state index contributed by atoms with van der Waals surface area (Å²) in [7, 11) is 0. The van der Waals surface area contributed by atoms with E-state index in [0.29, 0.717) is 19.3 Å². The number of rotatable bonds is 3. The van der Waals surface area contributed by atoms with Crippen LogP contribution < -0.4 is 5.32 Å². The van der Waals surface area contributed by atoms with E-state index in [1.807, 2.05) is 56.3 Å². The third-order valence-corrected chi connectivity index (χ3v) is 8.98. The van der Waals surface area contributed by atoms with E-state index in [1.165, 1.54) is 6.92 Å². The molecule has 1 aromatic rings. The normalized spacial score (nSPS) is 45.5. The topological polar surface area (TPSA) is 116 Å². The summed E-state index contributed by atoms with van der Waals surface area (Å²) in [5, 5.41) is 37.5. The first kappa shape index (κ1) is 27.6. The molecule has 1 aromatic carbocycles. The number of benzene rings is 1. The largest absolute Gasteiger partial charge is 0.457 e. The van der Waals surface area contributed by atoms with Crippen LogP contribution in [0.3, 0.4) is 0 Å². The van der Waals surface area contributed by atoms with Gasteiger partial charge in [-0.2, -0.15) is 0 Å². The predicted molar refractivity (Wildman–Crippen MR) is 140 cm³/mol. The summed E-state index contributed by atoms with van der Waals surface area (Å²) in [6.45, 7) is 8.50. The minimum Gasteiger partial charge on any atom is -0.457 e. The molecule has 10 atom stereocenters. The molecule has 0 bridgehead atoms. The number of esters is 1. The quantitative estimate of drug-likeness (QED) is 0.366. The van der Waals surface area contributed by atoms with Gasteiger partial charge in [0, 0.05) is 24.8 Å². The molecule has 1 amide bonds. The Balaban J connectivity index is 1.95. The first-order valence-electron chi connectivity index (χ1n) is 13.3. The van der Waals surface area contributed by atoms with Gasteiger partial charge in [0.2, 0.25) is 5.91 Å². The van der Waals surface area contributed by atoms with Crippen molar-refractivity contribution in [3.8, 4) is 0 Å². The summed E-state index contributed by atoms with van der Waals surface area (Å²) < 4.78 is 5.87. The number of amides is 1. The zero-order chi connectivity index (χ0) is 27.2. The number of carbonyl (C=O) groups is 2. The summed E-state index contributed by atoms with van der Waals surface area (Å²) in [5.41, 5.74) is -3.03. The molecule has 1 heterocycles. The summed E-state index contributed by atoms with van der Waals surface area (Å²) in [6, 6.07) is 9.44. The molecule has 2 fully saturated rings. The zero-order valence-corrected chi connectivity index (χ0v) is 22.4. The van der Waals surface area contributed by atoms with Crippen LogP contribution in [0.2, 0.25) is 0 Å². The van der Waals surface area contributed by atoms with E-state index in [4.69, 9.17) is 4.74 Å². The molecule has 1 saturated heterocycles. The molecule has 3 aliphatic rings. The molecular weight excluding hydrogens is 470 g/mol. The van der Waals surface area contributed by atoms with E-state index in [-0.39, 0.29) is 17.9 Å². The Bertz CT molecular complexity index is 1060. The lowest BCUT2D eigenvalue weighted by molar-refractivity contribution is -0.217. The van der Waals surface area contributed by atoms with E-state index in [0.717, 1.165) is 5.56 Å². The van der Waals surface area contributed by atoms with Crippen LogP contribution in [-0.4, -0.2) is 56.6 Å². The zero-order valence-electron chi connectivity index (χ0n) is 22.4. The van der Waals surface area contributed by atoms with Gasteiger partial charge in [-0.25, -0.2) is 0 Å². The lowest BCUT2D eigenvalue weighted by atomic mass is 9.48. The molecule has 7 nitrogen and oxygen atoms in total. The molecule has 1 spiro atoms. The molecule has 0 radical (unpaired) electrons. The van der Waals surface area contributed by atoms with E-state index < -0.39 is 52.5 Å². The van der Waals surface area contributed by atoms with Crippen LogP contribution in [-0.2, 0) is 20.7 Å². The molecule has 4 rings (SSSR count). The molecule has 1 saturated carbocycles. The number of hydrogen-bond donors (Lipinski definition) is 4. The summed E-state index contributed by atoms with van der Waals surface area (Å²) in [6.07, 6.45) is 6.27. The van der Waals surface area contributed by atoms with Crippen molar-refractivity contribution in [2.24, 2.45) is 29.1 Å². The van der Waals surface area contributed by atoms with E-state index >= 15 is 0 Å². The van der Waals surface area contributed by atoms with Crippen molar-refractivity contribution in [1.82, 2.24) is 5.32 Å². The van der Waals surface area contributed by atoms with Gasteiger partial charge in [-0.1, -0.05) is 62.4 Å². The monoisotopic (exact) mass is 511 g/mol. The third-order valence-electron chi connectivity index (χ3n) is 8.98. The molecular formula is C30H41NO6. The minimum absolute atomic E-state index is 0.122. The first-order chi connectivity index (χ1) is 17.3. The number of nitrogens with one attached hydrogen (secondary N) is 1. The Hall–Kier alpha value is -2.48. The standard InChI is InChI=1S/C30H41NO6/c1-18-10-9-13-22-26(33)29(5,36)19(2)25-23(16-21-11-7-6-8-12-21)31-27(34)30(22,25)24(37-20(3)32)14-15-28(4,35)17-18/h6-9,11-15,18-19,22-26,33,35-36H,10,16-17H2,1-5H3,(H,31,34)/b13-9+,15-14+/t18?,19-,22-,23-,24+,25-,26-,28-,29-,30+/m0/s1. The lowest BCUT2D eigenvalue weighted by Crippen LogP contribution is -2.68. The number of aliphatic hydroxyl groups excluding tert-OH is 1. The Morgan fingerprint density at radius 3 is 2.46 bits per heavy atom. The molecule has 1 aliphatic heterocycles. The van der Waals surface area contributed by atoms with Gasteiger partial charge in [0.1, 0.15) is 11.5 Å². The van der Waals surface area contributed by atoms with Crippen LogP contribution in [0.15, 0.2) is 54.6 Å². The average molecular weight is 512 g/mol. The fraction of sp³-hybridized carbons (Fsp3) is 0.600. The smallest absolute Gasteiger partial charge is 0.303 e. The summed E-state index contributed by atoms with van der Waals surface area (Å²) >= 11 is 0. The van der Waals surface area contributed by atoms with Gasteiger partial charge in [-0.05, 0) is 56.6 Å². The molecule has 1 unspecified atom stereocenters. The molecule has 37 heavy (non-hydrogen) atoms. The van der Waals surface area contributed by atoms with Gasteiger partial charge in [0.05, 0.1) is 17.3 Å². The van der Waals surface area contributed by atoms with E-state index in [2.05, 4.69) is 5.32 Å². The van der Waals surface area contributed by atoms with E-state index in [9.17, 15) is 24.9 Å². The molecule has 4 N–H and O–H groups in total. The van der Waals surface area contributed by atoms with Crippen LogP contribution in [0.1, 0.15) is 53.0 Å². The fourth-order valence-electron chi connectivity index (χ4n) is 7.16. The third kappa shape index (κ3) is 4.89. The van der Waals surface area contributed by atoms with Gasteiger partial charge in [-0.3, -0.25) is 9.59 Å². The lowest BCUT2D eigenvalue weighted by Gasteiger charge is -2.57. The van der Waals surface area contributed by atoms with E-state index in [1.54, 1.807) is 26.0 Å². The second-order valence-electron chi connectivity index (χ2n) is 11.9. The Morgan fingerprint density at radius 1 is 1.14 bits per heavy atom. The molecule has 0 aromatic heterocycles. The molecule has 2 aliphatic carbocycles. The average Bonchev–Trinajstić information content (AvgIpc) is 3.08. The number of allylic oxidation sites excluding steroid dienone is 1. The van der Waals surface area contributed by atoms with Crippen molar-refractivity contribution < 1.29 is 29.6 Å². The Labute approximate surface area is 219 Å². The van der Waals surface area contributed by atoms with Crippen LogP contribution in [0.4, 0.5) is 0 Å². The highest BCUT2D eigenvalue weighted by Gasteiger charge is 2.72. The Kier molecular flexibility index (Phi) is 7.45. The highest BCUT2D eigenvalue weighted by atomic mass is 16.5. The predicted octanol–water partition coefficient (Wildman–Crippen LogP) is 2.93. The second-order valence-corrected chi connectivity index (χ2v) is 11.9. The van der Waals surface area contributed by atoms with Crippen LogP contribution in [0.5, 0.6) is 0 Å². The fourth-order valence-corrected chi connectivity index (χ4v) is 7.16. The number of ether oxygens (including phenoxy) is 1. The molecule has 7 heteroatoms. The van der Waals surface area contributed by atoms with Gasteiger partial charge in [0.25, 0.3) is 0 Å². The Morgan fingerprint density at radius 2 is 1.81 bits per heavy atom. The summed E-state index contributed by atoms with van der Waals surface area (Å²) in [4.78, 5) is 26.6. The minimum atomic E-state index is -1.49. The summed E-state index contributed by atoms with van der Waals surface area (Å²) in [5.74, 6) is -2.59. The van der Waals surface area contributed by atoms with Gasteiger partial charge >= 0.3 is 5.97 Å². The van der Waals surface area contributed by atoms with Crippen molar-refractivity contribution in [2.75, 3.05) is 0 Å². The van der Waals surface area contributed by atoms with Gasteiger partial charge < -0.3 is 25.4 Å². The van der Waals surface area contributed by atoms with Crippen molar-refractivity contribution in [2.45, 2.75) is 83.3 Å². The van der Waals surface area contributed by atoms with Gasteiger partial charge in [0.15, 0.2) is 0 Å². The van der Waals surface area contributed by atoms with Crippen molar-refractivity contribution in [3.63, 3.8) is 0 Å². The van der Waals surface area contributed by atoms with Crippen LogP contribution >= 0.6 is 0 Å². The SMILES string of the molecule is CC(=O)O[C@@H]1/C=C/[C@](C)(O)CC(C)C/C=C/[C@H]2[C@H](O)[C@@](C)(O)[C@@H](C)[C@H]3[C@H](Cc4ccccc4)NC(=O)[C@@]312. The van der Waals surface area contributed by atoms with Crippen LogP contribution in [0.25, 0.3) is 0 Å². The van der Waals surface area contributed by atoms with Crippen LogP contribution in [0, 0.1) is 29.1 Å². The highest BCUT2D eigenvalue weighted by Crippen LogP contribution is 2.60. The number of carbonyl (C=O) groups excluding carboxylic acids is 2. The van der Waals surface area contributed by atoms with Crippen molar-refractivity contribution in [1.29, 1.82) is 0 Å². The van der Waals surface area contributed by atoms with Crippen molar-refractivity contribution in [3.05, 3.63) is 60.2 Å². The van der Waals surface area contributed by atoms with Crippen molar-refractivity contribution >= 4 is 11.9 Å². The number of aliphatic hydroxyl groups is 3. The molecule has 202 valence electrons. The maximum atomic E-state index is 14.2. The second kappa shape index (κ2) is 10.0. The van der Waals surface area contributed by atoms with Gasteiger partial charge in [-0.15, -0.1) is 0 Å².